The number of hydrogen-bond donors (Lipinski definition) is 2. The van der Waals surface area contributed by atoms with Crippen molar-refractivity contribution in [1.82, 2.24) is 14.8 Å². The van der Waals surface area contributed by atoms with E-state index in [1.165, 1.54) is 19.2 Å². The second-order valence-corrected chi connectivity index (χ2v) is 7.90. The molecule has 162 valence electrons. The largest absolute Gasteiger partial charge is 0.508 e. The molecule has 4 rings (SSSR count). The summed E-state index contributed by atoms with van der Waals surface area (Å²) in [5.74, 6) is -0.806. The van der Waals surface area contributed by atoms with E-state index in [0.29, 0.717) is 16.7 Å². The molecule has 8 heteroatoms. The normalized spacial score (nSPS) is 19.0. The van der Waals surface area contributed by atoms with Gasteiger partial charge in [-0.2, -0.15) is 0 Å². The van der Waals surface area contributed by atoms with Crippen LogP contribution in [0, 0.1) is 5.82 Å². The van der Waals surface area contributed by atoms with Crippen LogP contribution in [0.15, 0.2) is 42.6 Å². The number of ether oxygens (including phenoxy) is 1. The van der Waals surface area contributed by atoms with Crippen molar-refractivity contribution in [3.8, 4) is 11.5 Å². The fraction of sp³-hybridized carbons (Fsp3) is 0.304. The van der Waals surface area contributed by atoms with Gasteiger partial charge in [-0.05, 0) is 44.2 Å². The van der Waals surface area contributed by atoms with Crippen molar-refractivity contribution < 1.29 is 23.8 Å². The van der Waals surface area contributed by atoms with Gasteiger partial charge in [0.25, 0.3) is 11.8 Å². The van der Waals surface area contributed by atoms with Crippen LogP contribution in [-0.2, 0) is 0 Å². The molecule has 0 radical (unpaired) electrons. The summed E-state index contributed by atoms with van der Waals surface area (Å²) < 4.78 is 19.4. The van der Waals surface area contributed by atoms with Gasteiger partial charge in [-0.25, -0.2) is 4.39 Å². The lowest BCUT2D eigenvalue weighted by atomic mass is 10.0. The summed E-state index contributed by atoms with van der Waals surface area (Å²) >= 11 is 0. The molecule has 0 aliphatic carbocycles. The van der Waals surface area contributed by atoms with Crippen LogP contribution in [-0.4, -0.2) is 64.0 Å². The van der Waals surface area contributed by atoms with E-state index >= 15 is 0 Å². The van der Waals surface area contributed by atoms with Crippen LogP contribution < -0.4 is 4.74 Å². The Hall–Kier alpha value is -3.55. The smallest absolute Gasteiger partial charge is 0.256 e. The van der Waals surface area contributed by atoms with E-state index in [2.05, 4.69) is 4.98 Å². The molecule has 31 heavy (non-hydrogen) atoms. The van der Waals surface area contributed by atoms with Gasteiger partial charge in [0.2, 0.25) is 0 Å². The highest BCUT2D eigenvalue weighted by Crippen LogP contribution is 2.27. The Morgan fingerprint density at radius 2 is 1.77 bits per heavy atom. The number of hydrogen-bond acceptors (Lipinski definition) is 4. The van der Waals surface area contributed by atoms with Crippen LogP contribution in [0.1, 0.15) is 34.6 Å². The number of aromatic amines is 1. The number of H-pyrrole nitrogens is 1. The summed E-state index contributed by atoms with van der Waals surface area (Å²) in [6.45, 7) is 4.30. The highest BCUT2D eigenvalue weighted by Gasteiger charge is 2.36. The number of carbonyl (C=O) groups is 2. The third-order valence-corrected chi connectivity index (χ3v) is 5.74. The number of nitrogens with zero attached hydrogens (tertiary/aromatic N) is 2. The number of phenols is 1. The van der Waals surface area contributed by atoms with Gasteiger partial charge in [0.05, 0.1) is 18.2 Å². The summed E-state index contributed by atoms with van der Waals surface area (Å²) in [6, 6.07) is 8.44. The Labute approximate surface area is 179 Å². The van der Waals surface area contributed by atoms with Crippen molar-refractivity contribution >= 4 is 22.7 Å². The van der Waals surface area contributed by atoms with Crippen LogP contribution in [0.3, 0.4) is 0 Å². The third-order valence-electron chi connectivity index (χ3n) is 5.74. The molecule has 2 heterocycles. The van der Waals surface area contributed by atoms with Crippen molar-refractivity contribution in [3.63, 3.8) is 0 Å². The summed E-state index contributed by atoms with van der Waals surface area (Å²) in [5.41, 5.74) is 1.20. The molecule has 1 saturated heterocycles. The van der Waals surface area contributed by atoms with Gasteiger partial charge >= 0.3 is 0 Å². The number of aromatic hydroxyl groups is 1. The van der Waals surface area contributed by atoms with Crippen LogP contribution in [0.5, 0.6) is 11.5 Å². The maximum atomic E-state index is 14.4. The van der Waals surface area contributed by atoms with Crippen molar-refractivity contribution in [2.24, 2.45) is 0 Å². The second kappa shape index (κ2) is 7.94. The Morgan fingerprint density at radius 1 is 1.06 bits per heavy atom. The molecule has 2 N–H and O–H groups in total. The number of fused-ring (bicyclic) bond motifs is 1. The minimum atomic E-state index is -0.637. The van der Waals surface area contributed by atoms with Gasteiger partial charge in [0.1, 0.15) is 17.3 Å². The lowest BCUT2D eigenvalue weighted by Gasteiger charge is -2.44. The molecule has 1 aliphatic heterocycles. The minimum absolute atomic E-state index is 0.0212. The SMILES string of the molecule is COc1ccc(C(=O)N2C[C@@H](C)N(C(=O)c3c[nH]c4ccc(O)cc34)[C@H](C)C2)c(F)c1. The van der Waals surface area contributed by atoms with Crippen molar-refractivity contribution in [2.45, 2.75) is 25.9 Å². The zero-order chi connectivity index (χ0) is 22.3. The number of halogens is 1. The molecular weight excluding hydrogens is 401 g/mol. The molecule has 2 amide bonds. The van der Waals surface area contributed by atoms with Crippen molar-refractivity contribution in [2.75, 3.05) is 20.2 Å². The molecule has 1 fully saturated rings. The molecule has 2 atom stereocenters. The van der Waals surface area contributed by atoms with Gasteiger partial charge in [-0.3, -0.25) is 9.59 Å². The van der Waals surface area contributed by atoms with E-state index in [4.69, 9.17) is 4.74 Å². The van der Waals surface area contributed by atoms with Crippen LogP contribution in [0.4, 0.5) is 4.39 Å². The molecule has 2 aromatic carbocycles. The maximum Gasteiger partial charge on any atom is 0.256 e. The number of aromatic nitrogens is 1. The Kier molecular flexibility index (Phi) is 5.31. The highest BCUT2D eigenvalue weighted by atomic mass is 19.1. The predicted molar refractivity (Wildman–Crippen MR) is 114 cm³/mol. The fourth-order valence-corrected chi connectivity index (χ4v) is 4.28. The summed E-state index contributed by atoms with van der Waals surface area (Å²) in [5, 5.41) is 10.4. The number of rotatable bonds is 3. The first-order chi connectivity index (χ1) is 14.8. The lowest BCUT2D eigenvalue weighted by Crippen LogP contribution is -2.59. The molecule has 0 spiro atoms. The quantitative estimate of drug-likeness (QED) is 0.674. The van der Waals surface area contributed by atoms with Crippen molar-refractivity contribution in [1.29, 1.82) is 0 Å². The number of carbonyl (C=O) groups excluding carboxylic acids is 2. The molecule has 0 bridgehead atoms. The van der Waals surface area contributed by atoms with E-state index in [-0.39, 0.29) is 42.4 Å². The average molecular weight is 425 g/mol. The number of piperazine rings is 1. The van der Waals surface area contributed by atoms with E-state index in [0.717, 1.165) is 5.52 Å². The van der Waals surface area contributed by atoms with Gasteiger partial charge in [0, 0.05) is 48.3 Å². The predicted octanol–water partition coefficient (Wildman–Crippen LogP) is 3.40. The first kappa shape index (κ1) is 20.7. The van der Waals surface area contributed by atoms with E-state index in [9.17, 15) is 19.1 Å². The maximum absolute atomic E-state index is 14.4. The third kappa shape index (κ3) is 3.69. The lowest BCUT2D eigenvalue weighted by molar-refractivity contribution is 0.0253. The zero-order valence-corrected chi connectivity index (χ0v) is 17.6. The molecular formula is C23H24FN3O4. The Balaban J connectivity index is 1.56. The molecule has 0 saturated carbocycles. The average Bonchev–Trinajstić information content (AvgIpc) is 3.15. The first-order valence-corrected chi connectivity index (χ1v) is 10.1. The monoisotopic (exact) mass is 425 g/mol. The molecule has 1 aromatic heterocycles. The topological polar surface area (TPSA) is 85.9 Å². The molecule has 3 aromatic rings. The molecule has 1 aliphatic rings. The van der Waals surface area contributed by atoms with E-state index < -0.39 is 11.7 Å². The van der Waals surface area contributed by atoms with E-state index in [1.807, 2.05) is 13.8 Å². The fourth-order valence-electron chi connectivity index (χ4n) is 4.28. The number of benzene rings is 2. The minimum Gasteiger partial charge on any atom is -0.508 e. The van der Waals surface area contributed by atoms with Gasteiger partial charge < -0.3 is 24.6 Å². The number of methoxy groups -OCH3 is 1. The summed E-state index contributed by atoms with van der Waals surface area (Å²) in [6.07, 6.45) is 1.64. The second-order valence-electron chi connectivity index (χ2n) is 7.90. The van der Waals surface area contributed by atoms with Crippen LogP contribution >= 0.6 is 0 Å². The van der Waals surface area contributed by atoms with Gasteiger partial charge in [-0.1, -0.05) is 0 Å². The Morgan fingerprint density at radius 3 is 2.42 bits per heavy atom. The molecule has 0 unspecified atom stereocenters. The number of phenolic OH excluding ortho intramolecular Hbond substituents is 1. The van der Waals surface area contributed by atoms with Crippen LogP contribution in [0.25, 0.3) is 10.9 Å². The highest BCUT2D eigenvalue weighted by molar-refractivity contribution is 6.07. The van der Waals surface area contributed by atoms with E-state index in [1.54, 1.807) is 40.3 Å². The van der Waals surface area contributed by atoms with Gasteiger partial charge in [-0.15, -0.1) is 0 Å². The number of nitrogens with one attached hydrogen (secondary N) is 1. The first-order valence-electron chi connectivity index (χ1n) is 10.1. The standard InChI is InChI=1S/C23H24FN3O4/c1-13-11-26(22(29)17-6-5-16(31-3)9-20(17)24)12-14(2)27(13)23(30)19-10-25-21-7-4-15(28)8-18(19)21/h4-10,13-14,25,28H,11-12H2,1-3H3/t13-,14-/m1/s1. The van der Waals surface area contributed by atoms with Gasteiger partial charge in [0.15, 0.2) is 0 Å². The Bertz CT molecular complexity index is 1150. The van der Waals surface area contributed by atoms with Crippen molar-refractivity contribution in [3.05, 3.63) is 59.5 Å². The summed E-state index contributed by atoms with van der Waals surface area (Å²) in [7, 11) is 1.44. The number of amides is 2. The van der Waals surface area contributed by atoms with Crippen LogP contribution in [0.2, 0.25) is 0 Å². The summed E-state index contributed by atoms with van der Waals surface area (Å²) in [4.78, 5) is 32.6. The molecule has 7 nitrogen and oxygen atoms in total. The zero-order valence-electron chi connectivity index (χ0n) is 17.6.